The van der Waals surface area contributed by atoms with Crippen LogP contribution >= 0.6 is 24.8 Å². The quantitative estimate of drug-likeness (QED) is 0.785. The Morgan fingerprint density at radius 3 is 2.29 bits per heavy atom. The molecule has 0 aliphatic rings. The van der Waals surface area contributed by atoms with E-state index < -0.39 is 6.10 Å². The predicted octanol–water partition coefficient (Wildman–Crippen LogP) is 1.22. The number of benzene rings is 1. The van der Waals surface area contributed by atoms with Gasteiger partial charge in [-0.25, -0.2) is 0 Å². The number of carbonyl (C=O) groups is 1. The van der Waals surface area contributed by atoms with Crippen molar-refractivity contribution in [2.24, 2.45) is 5.73 Å². The third-order valence-corrected chi connectivity index (χ3v) is 2.86. The fraction of sp³-hybridized carbons (Fsp3) is 0.500. The van der Waals surface area contributed by atoms with E-state index in [1.807, 2.05) is 49.3 Å². The van der Waals surface area contributed by atoms with Crippen LogP contribution in [0.2, 0.25) is 0 Å². The lowest BCUT2D eigenvalue weighted by Gasteiger charge is -2.24. The first-order valence-corrected chi connectivity index (χ1v) is 6.31. The number of methoxy groups -OCH3 is 1. The summed E-state index contributed by atoms with van der Waals surface area (Å²) in [6, 6.07) is 9.79. The molecular weight excluding hydrogens is 313 g/mol. The SMILES string of the molecule is COC(CN)C(=O)NC(CN(C)C)c1ccccc1.Cl.Cl. The second kappa shape index (κ2) is 11.8. The van der Waals surface area contributed by atoms with Crippen molar-refractivity contribution in [3.63, 3.8) is 0 Å². The Kier molecular flexibility index (Phi) is 12.6. The molecule has 1 rings (SSSR count). The summed E-state index contributed by atoms with van der Waals surface area (Å²) in [5, 5.41) is 2.98. The van der Waals surface area contributed by atoms with Crippen LogP contribution < -0.4 is 11.1 Å². The first-order chi connectivity index (χ1) is 9.08. The molecule has 2 unspecified atom stereocenters. The lowest BCUT2D eigenvalue weighted by atomic mass is 10.1. The molecule has 0 aromatic heterocycles. The Labute approximate surface area is 139 Å². The van der Waals surface area contributed by atoms with E-state index in [1.165, 1.54) is 7.11 Å². The zero-order valence-electron chi connectivity index (χ0n) is 12.6. The molecule has 2 atom stereocenters. The topological polar surface area (TPSA) is 67.6 Å². The summed E-state index contributed by atoms with van der Waals surface area (Å²) in [5.41, 5.74) is 6.57. The second-order valence-corrected chi connectivity index (χ2v) is 4.69. The molecule has 5 nitrogen and oxygen atoms in total. The first-order valence-electron chi connectivity index (χ1n) is 6.31. The zero-order valence-corrected chi connectivity index (χ0v) is 14.2. The number of rotatable bonds is 7. The van der Waals surface area contributed by atoms with Crippen LogP contribution in [0.3, 0.4) is 0 Å². The monoisotopic (exact) mass is 337 g/mol. The van der Waals surface area contributed by atoms with E-state index >= 15 is 0 Å². The molecule has 21 heavy (non-hydrogen) atoms. The predicted molar refractivity (Wildman–Crippen MR) is 90.2 cm³/mol. The van der Waals surface area contributed by atoms with Gasteiger partial charge in [-0.15, -0.1) is 24.8 Å². The van der Waals surface area contributed by atoms with E-state index in [0.717, 1.165) is 12.1 Å². The Morgan fingerprint density at radius 2 is 1.86 bits per heavy atom. The summed E-state index contributed by atoms with van der Waals surface area (Å²) in [6.07, 6.45) is -0.603. The number of amides is 1. The Morgan fingerprint density at radius 1 is 1.29 bits per heavy atom. The molecule has 0 aliphatic carbocycles. The van der Waals surface area contributed by atoms with Crippen LogP contribution in [0.25, 0.3) is 0 Å². The van der Waals surface area contributed by atoms with Crippen molar-refractivity contribution in [1.29, 1.82) is 0 Å². The third-order valence-electron chi connectivity index (χ3n) is 2.86. The highest BCUT2D eigenvalue weighted by Crippen LogP contribution is 2.13. The molecule has 0 saturated heterocycles. The van der Waals surface area contributed by atoms with E-state index in [0.29, 0.717) is 0 Å². The van der Waals surface area contributed by atoms with Gasteiger partial charge in [0.15, 0.2) is 0 Å². The minimum atomic E-state index is -0.603. The van der Waals surface area contributed by atoms with Crippen molar-refractivity contribution < 1.29 is 9.53 Å². The van der Waals surface area contributed by atoms with Crippen molar-refractivity contribution in [2.75, 3.05) is 34.3 Å². The van der Waals surface area contributed by atoms with Gasteiger partial charge in [0.05, 0.1) is 6.04 Å². The number of nitrogens with one attached hydrogen (secondary N) is 1. The Bertz CT molecular complexity index is 387. The first kappa shape index (κ1) is 22.4. The smallest absolute Gasteiger partial charge is 0.250 e. The molecule has 1 aromatic rings. The maximum atomic E-state index is 12.0. The summed E-state index contributed by atoms with van der Waals surface area (Å²) in [4.78, 5) is 14.1. The Balaban J connectivity index is 0. The van der Waals surface area contributed by atoms with Crippen molar-refractivity contribution in [3.8, 4) is 0 Å². The maximum absolute atomic E-state index is 12.0. The molecule has 0 radical (unpaired) electrons. The van der Waals surface area contributed by atoms with Gasteiger partial charge < -0.3 is 20.7 Å². The molecule has 0 heterocycles. The van der Waals surface area contributed by atoms with Crippen LogP contribution in [0.1, 0.15) is 11.6 Å². The van der Waals surface area contributed by atoms with Gasteiger partial charge in [-0.1, -0.05) is 30.3 Å². The molecule has 0 bridgehead atoms. The number of nitrogens with two attached hydrogens (primary N) is 1. The lowest BCUT2D eigenvalue weighted by molar-refractivity contribution is -0.131. The average Bonchev–Trinajstić information content (AvgIpc) is 2.40. The summed E-state index contributed by atoms with van der Waals surface area (Å²) in [6.45, 7) is 0.891. The number of carbonyl (C=O) groups excluding carboxylic acids is 1. The largest absolute Gasteiger partial charge is 0.370 e. The standard InChI is InChI=1S/C14H23N3O2.2ClH/c1-17(2)10-12(11-7-5-4-6-8-11)16-14(18)13(9-15)19-3;;/h4-8,12-13H,9-10,15H2,1-3H3,(H,16,18);2*1H. The molecule has 1 amide bonds. The number of hydrogen-bond acceptors (Lipinski definition) is 4. The molecule has 0 aliphatic heterocycles. The van der Waals surface area contributed by atoms with Crippen LogP contribution in [-0.4, -0.2) is 51.2 Å². The highest BCUT2D eigenvalue weighted by Gasteiger charge is 2.21. The Hall–Kier alpha value is -0.850. The van der Waals surface area contributed by atoms with Crippen LogP contribution in [0.15, 0.2) is 30.3 Å². The minimum Gasteiger partial charge on any atom is -0.370 e. The third kappa shape index (κ3) is 7.64. The summed E-state index contributed by atoms with van der Waals surface area (Å²) in [7, 11) is 5.43. The van der Waals surface area contributed by atoms with Gasteiger partial charge in [-0.3, -0.25) is 4.79 Å². The highest BCUT2D eigenvalue weighted by atomic mass is 35.5. The van der Waals surface area contributed by atoms with Gasteiger partial charge in [-0.05, 0) is 19.7 Å². The number of likely N-dealkylation sites (N-methyl/N-ethyl adjacent to an activating group) is 1. The van der Waals surface area contributed by atoms with Crippen molar-refractivity contribution in [3.05, 3.63) is 35.9 Å². The number of ether oxygens (including phenoxy) is 1. The van der Waals surface area contributed by atoms with Crippen LogP contribution in [-0.2, 0) is 9.53 Å². The van der Waals surface area contributed by atoms with Gasteiger partial charge in [0.25, 0.3) is 5.91 Å². The van der Waals surface area contributed by atoms with Gasteiger partial charge in [0, 0.05) is 20.2 Å². The normalized spacial score (nSPS) is 12.8. The maximum Gasteiger partial charge on any atom is 0.250 e. The van der Waals surface area contributed by atoms with E-state index in [-0.39, 0.29) is 43.3 Å². The summed E-state index contributed by atoms with van der Waals surface area (Å²) in [5.74, 6) is -0.180. The minimum absolute atomic E-state index is 0. The van der Waals surface area contributed by atoms with Crippen LogP contribution in [0, 0.1) is 0 Å². The van der Waals surface area contributed by atoms with E-state index in [9.17, 15) is 4.79 Å². The van der Waals surface area contributed by atoms with Gasteiger partial charge in [0.2, 0.25) is 0 Å². The molecule has 0 fully saturated rings. The molecule has 122 valence electrons. The number of nitrogens with zero attached hydrogens (tertiary/aromatic N) is 1. The number of halogens is 2. The summed E-state index contributed by atoms with van der Waals surface area (Å²) < 4.78 is 5.05. The lowest BCUT2D eigenvalue weighted by Crippen LogP contribution is -2.44. The van der Waals surface area contributed by atoms with Crippen molar-refractivity contribution >= 4 is 30.7 Å². The molecule has 0 saturated carbocycles. The van der Waals surface area contributed by atoms with E-state index in [1.54, 1.807) is 0 Å². The molecule has 3 N–H and O–H groups in total. The molecular formula is C14H25Cl2N3O2. The van der Waals surface area contributed by atoms with Crippen molar-refractivity contribution in [2.45, 2.75) is 12.1 Å². The van der Waals surface area contributed by atoms with E-state index in [4.69, 9.17) is 10.5 Å². The number of hydrogen-bond donors (Lipinski definition) is 2. The van der Waals surface area contributed by atoms with E-state index in [2.05, 4.69) is 5.32 Å². The van der Waals surface area contributed by atoms with Crippen LogP contribution in [0.5, 0.6) is 0 Å². The fourth-order valence-electron chi connectivity index (χ4n) is 1.86. The molecule has 0 spiro atoms. The van der Waals surface area contributed by atoms with Gasteiger partial charge in [0.1, 0.15) is 6.10 Å². The van der Waals surface area contributed by atoms with Gasteiger partial charge >= 0.3 is 0 Å². The molecule has 1 aromatic carbocycles. The summed E-state index contributed by atoms with van der Waals surface area (Å²) >= 11 is 0. The second-order valence-electron chi connectivity index (χ2n) is 4.69. The van der Waals surface area contributed by atoms with Crippen LogP contribution in [0.4, 0.5) is 0 Å². The average molecular weight is 338 g/mol. The fourth-order valence-corrected chi connectivity index (χ4v) is 1.86. The highest BCUT2D eigenvalue weighted by molar-refractivity contribution is 5.85. The van der Waals surface area contributed by atoms with Gasteiger partial charge in [-0.2, -0.15) is 0 Å². The molecule has 7 heteroatoms. The van der Waals surface area contributed by atoms with Crippen molar-refractivity contribution in [1.82, 2.24) is 10.2 Å². The zero-order chi connectivity index (χ0) is 14.3.